The van der Waals surface area contributed by atoms with E-state index >= 15 is 0 Å². The first kappa shape index (κ1) is 31.5. The summed E-state index contributed by atoms with van der Waals surface area (Å²) in [4.78, 5) is 54.3. The summed E-state index contributed by atoms with van der Waals surface area (Å²) in [6, 6.07) is 6.96. The van der Waals surface area contributed by atoms with E-state index in [1.165, 1.54) is 6.42 Å². The van der Waals surface area contributed by atoms with Gasteiger partial charge >= 0.3 is 6.03 Å². The average molecular weight is 559 g/mol. The summed E-state index contributed by atoms with van der Waals surface area (Å²) in [6.07, 6.45) is 7.44. The van der Waals surface area contributed by atoms with E-state index in [1.807, 2.05) is 44.2 Å². The lowest BCUT2D eigenvalue weighted by Crippen LogP contribution is -2.58. The predicted octanol–water partition coefficient (Wildman–Crippen LogP) is 2.94. The highest BCUT2D eigenvalue weighted by atomic mass is 16.5. The molecule has 10 nitrogen and oxygen atoms in total. The SMILES string of the molecule is CCCC(C)NC(=O)C(=O)[C@H](COCc1ccccc1)NC(=O)[C@H](CC1CCCCC1)NC(=O)N1CCOCC1. The van der Waals surface area contributed by atoms with Crippen LogP contribution in [0.5, 0.6) is 0 Å². The zero-order valence-corrected chi connectivity index (χ0v) is 24.0. The molecule has 40 heavy (non-hydrogen) atoms. The van der Waals surface area contributed by atoms with Crippen LogP contribution in [0, 0.1) is 5.92 Å². The predicted molar refractivity (Wildman–Crippen MR) is 151 cm³/mol. The van der Waals surface area contributed by atoms with E-state index in [1.54, 1.807) is 4.90 Å². The Morgan fingerprint density at radius 2 is 1.68 bits per heavy atom. The third-order valence-corrected chi connectivity index (χ3v) is 7.56. The Balaban J connectivity index is 1.71. The molecule has 4 amide bonds. The van der Waals surface area contributed by atoms with E-state index in [9.17, 15) is 19.2 Å². The first-order valence-corrected chi connectivity index (χ1v) is 14.8. The number of morpholine rings is 1. The van der Waals surface area contributed by atoms with Crippen molar-refractivity contribution < 1.29 is 28.7 Å². The molecule has 222 valence electrons. The molecule has 1 saturated carbocycles. The second kappa shape index (κ2) is 17.0. The molecule has 0 radical (unpaired) electrons. The number of carbonyl (C=O) groups excluding carboxylic acids is 4. The minimum absolute atomic E-state index is 0.164. The summed E-state index contributed by atoms with van der Waals surface area (Å²) in [5.41, 5.74) is 0.911. The molecule has 1 aliphatic heterocycles. The summed E-state index contributed by atoms with van der Waals surface area (Å²) < 4.78 is 11.1. The topological polar surface area (TPSA) is 126 Å². The van der Waals surface area contributed by atoms with Crippen LogP contribution in [0.4, 0.5) is 4.79 Å². The van der Waals surface area contributed by atoms with Crippen molar-refractivity contribution in [3.8, 4) is 0 Å². The molecular weight excluding hydrogens is 512 g/mol. The minimum atomic E-state index is -1.18. The van der Waals surface area contributed by atoms with E-state index in [4.69, 9.17) is 9.47 Å². The Kier molecular flexibility index (Phi) is 13.4. The number of benzene rings is 1. The van der Waals surface area contributed by atoms with Gasteiger partial charge in [0.1, 0.15) is 12.1 Å². The van der Waals surface area contributed by atoms with Crippen LogP contribution in [0.3, 0.4) is 0 Å². The van der Waals surface area contributed by atoms with E-state index in [0.29, 0.717) is 38.6 Å². The summed E-state index contributed by atoms with van der Waals surface area (Å²) in [5.74, 6) is -1.70. The van der Waals surface area contributed by atoms with E-state index < -0.39 is 29.7 Å². The molecule has 10 heteroatoms. The minimum Gasteiger partial charge on any atom is -0.378 e. The van der Waals surface area contributed by atoms with Crippen LogP contribution in [-0.4, -0.2) is 79.6 Å². The number of urea groups is 1. The Morgan fingerprint density at radius 3 is 2.35 bits per heavy atom. The Morgan fingerprint density at radius 1 is 0.975 bits per heavy atom. The fourth-order valence-corrected chi connectivity index (χ4v) is 5.28. The van der Waals surface area contributed by atoms with Crippen molar-refractivity contribution >= 4 is 23.6 Å². The number of rotatable bonds is 14. The summed E-state index contributed by atoms with van der Waals surface area (Å²) >= 11 is 0. The quantitative estimate of drug-likeness (QED) is 0.302. The van der Waals surface area contributed by atoms with E-state index in [0.717, 1.165) is 44.1 Å². The van der Waals surface area contributed by atoms with Crippen LogP contribution in [0.2, 0.25) is 0 Å². The lowest BCUT2D eigenvalue weighted by Gasteiger charge is -2.31. The van der Waals surface area contributed by atoms with Gasteiger partial charge in [0.15, 0.2) is 0 Å². The van der Waals surface area contributed by atoms with Crippen molar-refractivity contribution in [2.45, 2.75) is 89.9 Å². The number of amides is 4. The molecule has 1 unspecified atom stereocenters. The van der Waals surface area contributed by atoms with Gasteiger partial charge in [-0.1, -0.05) is 75.8 Å². The highest BCUT2D eigenvalue weighted by Crippen LogP contribution is 2.27. The molecule has 3 rings (SSSR count). The highest BCUT2D eigenvalue weighted by Gasteiger charge is 2.33. The van der Waals surface area contributed by atoms with Gasteiger partial charge in [-0.2, -0.15) is 0 Å². The molecule has 0 spiro atoms. The van der Waals surface area contributed by atoms with Gasteiger partial charge in [0.25, 0.3) is 5.91 Å². The van der Waals surface area contributed by atoms with Gasteiger partial charge < -0.3 is 30.3 Å². The number of ether oxygens (including phenoxy) is 2. The molecular formula is C30H46N4O6. The van der Waals surface area contributed by atoms with E-state index in [2.05, 4.69) is 16.0 Å². The van der Waals surface area contributed by atoms with Crippen molar-refractivity contribution in [2.24, 2.45) is 5.92 Å². The fourth-order valence-electron chi connectivity index (χ4n) is 5.28. The largest absolute Gasteiger partial charge is 0.378 e. The lowest BCUT2D eigenvalue weighted by atomic mass is 9.84. The third kappa shape index (κ3) is 10.5. The van der Waals surface area contributed by atoms with Crippen molar-refractivity contribution in [2.75, 3.05) is 32.9 Å². The van der Waals surface area contributed by atoms with Crippen molar-refractivity contribution in [1.82, 2.24) is 20.9 Å². The van der Waals surface area contributed by atoms with Crippen LogP contribution in [0.1, 0.15) is 70.8 Å². The average Bonchev–Trinajstić information content (AvgIpc) is 2.97. The molecule has 1 saturated heterocycles. The van der Waals surface area contributed by atoms with Crippen molar-refractivity contribution in [3.05, 3.63) is 35.9 Å². The monoisotopic (exact) mass is 558 g/mol. The Hall–Kier alpha value is -2.98. The summed E-state index contributed by atoms with van der Waals surface area (Å²) in [6.45, 7) is 5.72. The molecule has 1 aliphatic carbocycles. The van der Waals surface area contributed by atoms with Crippen molar-refractivity contribution in [1.29, 1.82) is 0 Å². The normalized spacial score (nSPS) is 18.3. The maximum absolute atomic E-state index is 13.6. The Labute approximate surface area is 237 Å². The molecule has 1 heterocycles. The number of Topliss-reactive ketones (excluding diaryl/α,β-unsaturated/α-hetero) is 1. The van der Waals surface area contributed by atoms with Crippen LogP contribution in [-0.2, 0) is 30.5 Å². The standard InChI is InChI=1S/C30H46N4O6/c1-3-10-22(2)31-29(37)27(35)26(21-40-20-24-13-8-5-9-14-24)32-28(36)25(19-23-11-6-4-7-12-23)33-30(38)34-15-17-39-18-16-34/h5,8-9,13-14,22-23,25-26H,3-4,6-7,10-12,15-21H2,1-2H3,(H,31,37)(H,32,36)(H,33,38)/t22?,25-,26-/m0/s1. The Bertz CT molecular complexity index is 947. The summed E-state index contributed by atoms with van der Waals surface area (Å²) in [7, 11) is 0. The number of nitrogens with zero attached hydrogens (tertiary/aromatic N) is 1. The van der Waals surface area contributed by atoms with Gasteiger partial charge in [-0.15, -0.1) is 0 Å². The molecule has 3 atom stereocenters. The molecule has 2 fully saturated rings. The number of carbonyl (C=O) groups is 4. The van der Waals surface area contributed by atoms with Gasteiger partial charge in [-0.05, 0) is 31.2 Å². The summed E-state index contributed by atoms with van der Waals surface area (Å²) in [5, 5.41) is 8.39. The molecule has 0 aromatic heterocycles. The molecule has 1 aromatic carbocycles. The molecule has 0 bridgehead atoms. The van der Waals surface area contributed by atoms with Crippen LogP contribution < -0.4 is 16.0 Å². The zero-order valence-electron chi connectivity index (χ0n) is 24.0. The van der Waals surface area contributed by atoms with Crippen LogP contribution in [0.25, 0.3) is 0 Å². The van der Waals surface area contributed by atoms with Gasteiger partial charge in [-0.3, -0.25) is 14.4 Å². The first-order valence-electron chi connectivity index (χ1n) is 14.8. The van der Waals surface area contributed by atoms with Crippen molar-refractivity contribution in [3.63, 3.8) is 0 Å². The van der Waals surface area contributed by atoms with Gasteiger partial charge in [-0.25, -0.2) is 4.79 Å². The third-order valence-electron chi connectivity index (χ3n) is 7.56. The maximum atomic E-state index is 13.6. The molecule has 3 N–H and O–H groups in total. The van der Waals surface area contributed by atoms with Gasteiger partial charge in [0, 0.05) is 19.1 Å². The lowest BCUT2D eigenvalue weighted by molar-refractivity contribution is -0.141. The molecule has 2 aliphatic rings. The maximum Gasteiger partial charge on any atom is 0.318 e. The van der Waals surface area contributed by atoms with E-state index in [-0.39, 0.29) is 25.3 Å². The second-order valence-corrected chi connectivity index (χ2v) is 10.9. The smallest absolute Gasteiger partial charge is 0.318 e. The fraction of sp³-hybridized carbons (Fsp3) is 0.667. The second-order valence-electron chi connectivity index (χ2n) is 10.9. The number of hydrogen-bond acceptors (Lipinski definition) is 6. The molecule has 1 aromatic rings. The van der Waals surface area contributed by atoms with Gasteiger partial charge in [0.2, 0.25) is 11.7 Å². The number of ketones is 1. The van der Waals surface area contributed by atoms with Gasteiger partial charge in [0.05, 0.1) is 26.4 Å². The zero-order chi connectivity index (χ0) is 28.7. The first-order chi connectivity index (χ1) is 19.4. The number of hydrogen-bond donors (Lipinski definition) is 3. The van der Waals surface area contributed by atoms with Crippen LogP contribution >= 0.6 is 0 Å². The van der Waals surface area contributed by atoms with Crippen LogP contribution in [0.15, 0.2) is 30.3 Å². The highest BCUT2D eigenvalue weighted by molar-refractivity contribution is 6.38. The number of nitrogens with one attached hydrogen (secondary N) is 3.